The summed E-state index contributed by atoms with van der Waals surface area (Å²) in [5.74, 6) is -0.439. The van der Waals surface area contributed by atoms with E-state index in [0.29, 0.717) is 23.1 Å². The number of rotatable bonds is 1. The van der Waals surface area contributed by atoms with E-state index >= 15 is 0 Å². The molecule has 1 heterocycles. The highest BCUT2D eigenvalue weighted by Crippen LogP contribution is 2.34. The zero-order valence-corrected chi connectivity index (χ0v) is 11.3. The number of fused-ring (bicyclic) bond motifs is 1. The highest BCUT2D eigenvalue weighted by molar-refractivity contribution is 9.10. The molecule has 3 nitrogen and oxygen atoms in total. The van der Waals surface area contributed by atoms with Crippen molar-refractivity contribution in [3.8, 4) is 0 Å². The van der Waals surface area contributed by atoms with Crippen LogP contribution >= 0.6 is 15.9 Å². The average molecular weight is 301 g/mol. The molecule has 1 aromatic rings. The van der Waals surface area contributed by atoms with Crippen molar-refractivity contribution in [3.63, 3.8) is 0 Å². The van der Waals surface area contributed by atoms with Crippen molar-refractivity contribution in [1.82, 2.24) is 0 Å². The highest BCUT2D eigenvalue weighted by Gasteiger charge is 2.22. The zero-order valence-electron chi connectivity index (χ0n) is 9.76. The van der Waals surface area contributed by atoms with Gasteiger partial charge in [0.1, 0.15) is 5.82 Å². The van der Waals surface area contributed by atoms with E-state index < -0.39 is 0 Å². The molecule has 1 aromatic carbocycles. The van der Waals surface area contributed by atoms with Crippen molar-refractivity contribution in [1.29, 1.82) is 0 Å². The molecule has 5 heteroatoms. The molecule has 0 unspecified atom stereocenters. The molecule has 1 aliphatic rings. The maximum Gasteiger partial charge on any atom is 0.226 e. The van der Waals surface area contributed by atoms with Crippen LogP contribution in [0.2, 0.25) is 0 Å². The number of halogens is 2. The number of anilines is 2. The quantitative estimate of drug-likeness (QED) is 0.864. The summed E-state index contributed by atoms with van der Waals surface area (Å²) < 4.78 is 13.9. The second-order valence-electron chi connectivity index (χ2n) is 4.37. The SMILES string of the molecule is CC(C)N1CCC(=O)Nc2cc(F)c(Br)cc21. The Labute approximate surface area is 108 Å². The molecule has 0 atom stereocenters. The molecule has 17 heavy (non-hydrogen) atoms. The van der Waals surface area contributed by atoms with Crippen LogP contribution in [0.25, 0.3) is 0 Å². The Balaban J connectivity index is 2.53. The first-order valence-corrected chi connectivity index (χ1v) is 6.34. The number of carbonyl (C=O) groups excluding carboxylic acids is 1. The molecular formula is C12H14BrFN2O. The van der Waals surface area contributed by atoms with E-state index in [-0.39, 0.29) is 17.8 Å². The van der Waals surface area contributed by atoms with Crippen molar-refractivity contribution < 1.29 is 9.18 Å². The monoisotopic (exact) mass is 300 g/mol. The predicted molar refractivity (Wildman–Crippen MR) is 69.8 cm³/mol. The van der Waals surface area contributed by atoms with Crippen LogP contribution in [0.1, 0.15) is 20.3 Å². The maximum absolute atomic E-state index is 13.5. The van der Waals surface area contributed by atoms with Crippen LogP contribution in [-0.4, -0.2) is 18.5 Å². The van der Waals surface area contributed by atoms with Crippen molar-refractivity contribution >= 4 is 33.2 Å². The van der Waals surface area contributed by atoms with Crippen molar-refractivity contribution in [2.24, 2.45) is 0 Å². The van der Waals surface area contributed by atoms with Gasteiger partial charge in [0, 0.05) is 25.1 Å². The summed E-state index contributed by atoms with van der Waals surface area (Å²) in [4.78, 5) is 13.6. The molecule has 0 bridgehead atoms. The maximum atomic E-state index is 13.5. The molecule has 0 spiro atoms. The Hall–Kier alpha value is -1.10. The molecule has 0 aromatic heterocycles. The Morgan fingerprint density at radius 2 is 2.18 bits per heavy atom. The van der Waals surface area contributed by atoms with Crippen molar-refractivity contribution in [2.75, 3.05) is 16.8 Å². The first-order valence-electron chi connectivity index (χ1n) is 5.54. The smallest absolute Gasteiger partial charge is 0.226 e. The molecule has 0 saturated carbocycles. The van der Waals surface area contributed by atoms with E-state index in [1.807, 2.05) is 0 Å². The molecule has 0 saturated heterocycles. The number of hydrogen-bond acceptors (Lipinski definition) is 2. The van der Waals surface area contributed by atoms with Crippen molar-refractivity contribution in [2.45, 2.75) is 26.3 Å². The minimum Gasteiger partial charge on any atom is -0.367 e. The van der Waals surface area contributed by atoms with Crippen LogP contribution in [0, 0.1) is 5.82 Å². The molecule has 1 N–H and O–H groups in total. The van der Waals surface area contributed by atoms with Gasteiger partial charge in [0.05, 0.1) is 15.8 Å². The van der Waals surface area contributed by atoms with Crippen LogP contribution in [0.5, 0.6) is 0 Å². The number of benzene rings is 1. The Morgan fingerprint density at radius 3 is 2.82 bits per heavy atom. The van der Waals surface area contributed by atoms with Crippen LogP contribution in [0.3, 0.4) is 0 Å². The normalized spacial score (nSPS) is 15.6. The fourth-order valence-corrected chi connectivity index (χ4v) is 2.30. The second-order valence-corrected chi connectivity index (χ2v) is 5.22. The lowest BCUT2D eigenvalue weighted by Gasteiger charge is -2.28. The van der Waals surface area contributed by atoms with Crippen molar-refractivity contribution in [3.05, 3.63) is 22.4 Å². The minimum atomic E-state index is -0.366. The molecule has 0 radical (unpaired) electrons. The fraction of sp³-hybridized carbons (Fsp3) is 0.417. The van der Waals surface area contributed by atoms with Crippen LogP contribution in [0.15, 0.2) is 16.6 Å². The van der Waals surface area contributed by atoms with E-state index in [1.54, 1.807) is 6.07 Å². The van der Waals surface area contributed by atoms with Crippen LogP contribution in [-0.2, 0) is 4.79 Å². The van der Waals surface area contributed by atoms with Gasteiger partial charge in [-0.25, -0.2) is 4.39 Å². The summed E-state index contributed by atoms with van der Waals surface area (Å²) in [6.45, 7) is 4.75. The standard InChI is InChI=1S/C12H14BrFN2O/c1-7(2)16-4-3-12(17)15-10-6-9(14)8(13)5-11(10)16/h5-7H,3-4H2,1-2H3,(H,15,17). The van der Waals surface area contributed by atoms with Gasteiger partial charge in [-0.15, -0.1) is 0 Å². The number of nitrogens with one attached hydrogen (secondary N) is 1. The first kappa shape index (κ1) is 12.4. The summed E-state index contributed by atoms with van der Waals surface area (Å²) in [6.07, 6.45) is 0.423. The molecule has 92 valence electrons. The van der Waals surface area contributed by atoms with E-state index in [2.05, 4.69) is 40.0 Å². The predicted octanol–water partition coefficient (Wildman–Crippen LogP) is 3.15. The Morgan fingerprint density at radius 1 is 1.47 bits per heavy atom. The summed E-state index contributed by atoms with van der Waals surface area (Å²) in [6, 6.07) is 3.34. The highest BCUT2D eigenvalue weighted by atomic mass is 79.9. The van der Waals surface area contributed by atoms with Crippen LogP contribution < -0.4 is 10.2 Å². The third kappa shape index (κ3) is 2.44. The fourth-order valence-electron chi connectivity index (χ4n) is 1.97. The third-order valence-electron chi connectivity index (χ3n) is 2.83. The van der Waals surface area contributed by atoms with Gasteiger partial charge in [0.2, 0.25) is 5.91 Å². The van der Waals surface area contributed by atoms with Gasteiger partial charge < -0.3 is 10.2 Å². The molecule has 1 amide bonds. The summed E-state index contributed by atoms with van der Waals surface area (Å²) >= 11 is 3.18. The van der Waals surface area contributed by atoms with Gasteiger partial charge in [-0.3, -0.25) is 4.79 Å². The molecule has 0 fully saturated rings. The van der Waals surface area contributed by atoms with Gasteiger partial charge in [0.25, 0.3) is 0 Å². The third-order valence-corrected chi connectivity index (χ3v) is 3.43. The van der Waals surface area contributed by atoms with E-state index in [0.717, 1.165) is 5.69 Å². The van der Waals surface area contributed by atoms with Gasteiger partial charge >= 0.3 is 0 Å². The number of nitrogens with zero attached hydrogens (tertiary/aromatic N) is 1. The topological polar surface area (TPSA) is 32.3 Å². The number of amides is 1. The Bertz CT molecular complexity index is 462. The average Bonchev–Trinajstić information content (AvgIpc) is 2.38. The summed E-state index contributed by atoms with van der Waals surface area (Å²) in [7, 11) is 0. The molecular weight excluding hydrogens is 287 g/mol. The van der Waals surface area contributed by atoms with Gasteiger partial charge in [-0.1, -0.05) is 0 Å². The second kappa shape index (κ2) is 4.64. The van der Waals surface area contributed by atoms with Crippen LogP contribution in [0.4, 0.5) is 15.8 Å². The van der Waals surface area contributed by atoms with Gasteiger partial charge in [0.15, 0.2) is 0 Å². The molecule has 0 aliphatic carbocycles. The molecule has 2 rings (SSSR count). The number of carbonyl (C=O) groups is 1. The zero-order chi connectivity index (χ0) is 12.6. The van der Waals surface area contributed by atoms with E-state index in [4.69, 9.17) is 0 Å². The van der Waals surface area contributed by atoms with Gasteiger partial charge in [-0.2, -0.15) is 0 Å². The lowest BCUT2D eigenvalue weighted by molar-refractivity contribution is -0.115. The summed E-state index contributed by atoms with van der Waals surface area (Å²) in [5.41, 5.74) is 1.40. The first-order chi connectivity index (χ1) is 7.99. The molecule has 1 aliphatic heterocycles. The van der Waals surface area contributed by atoms with Gasteiger partial charge in [-0.05, 0) is 35.8 Å². The Kier molecular flexibility index (Phi) is 3.38. The van der Waals surface area contributed by atoms with E-state index in [1.165, 1.54) is 6.07 Å². The largest absolute Gasteiger partial charge is 0.367 e. The lowest BCUT2D eigenvalue weighted by Crippen LogP contribution is -2.31. The minimum absolute atomic E-state index is 0.0730. The van der Waals surface area contributed by atoms with E-state index in [9.17, 15) is 9.18 Å². The number of hydrogen-bond donors (Lipinski definition) is 1. The lowest BCUT2D eigenvalue weighted by atomic mass is 10.2. The summed E-state index contributed by atoms with van der Waals surface area (Å²) in [5, 5.41) is 2.73.